The highest BCUT2D eigenvalue weighted by molar-refractivity contribution is 5.85. The Morgan fingerprint density at radius 1 is 1.36 bits per heavy atom. The Balaban J connectivity index is 2.25. The van der Waals surface area contributed by atoms with Crippen LogP contribution < -0.4 is 0 Å². The van der Waals surface area contributed by atoms with Crippen molar-refractivity contribution in [3.05, 3.63) is 35.4 Å². The fraction of sp³-hybridized carbons (Fsp3) is 0.529. The van der Waals surface area contributed by atoms with Crippen molar-refractivity contribution in [2.24, 2.45) is 0 Å². The Kier molecular flexibility index (Phi) is 5.72. The van der Waals surface area contributed by atoms with Crippen LogP contribution in [0.25, 0.3) is 0 Å². The van der Waals surface area contributed by atoms with Crippen molar-refractivity contribution in [3.8, 4) is 0 Å². The van der Waals surface area contributed by atoms with E-state index in [0.29, 0.717) is 6.42 Å². The Morgan fingerprint density at radius 3 is 2.60 bits per heavy atom. The molecule has 1 aromatic carbocycles. The van der Waals surface area contributed by atoms with Crippen LogP contribution in [0.1, 0.15) is 37.3 Å². The Hall–Kier alpha value is -2.09. The number of hydrogen-bond acceptors (Lipinski definition) is 3. The number of carbonyl (C=O) groups excluding carboxylic acids is 1. The van der Waals surface area contributed by atoms with Gasteiger partial charge in [0.2, 0.25) is 5.91 Å². The number of ether oxygens (including phenoxy) is 1. The van der Waals surface area contributed by atoms with Crippen molar-refractivity contribution in [2.75, 3.05) is 13.1 Å². The molecule has 138 valence electrons. The number of rotatable bonds is 4. The third-order valence-corrected chi connectivity index (χ3v) is 4.17. The van der Waals surface area contributed by atoms with E-state index in [1.54, 1.807) is 13.8 Å². The quantitative estimate of drug-likeness (QED) is 0.898. The summed E-state index contributed by atoms with van der Waals surface area (Å²) < 4.78 is 44.0. The number of carboxylic acids is 1. The Labute approximate surface area is 143 Å². The first-order valence-corrected chi connectivity index (χ1v) is 7.97. The molecular formula is C17H20F3NO4. The normalized spacial score (nSPS) is 22.5. The zero-order chi connectivity index (χ0) is 18.8. The van der Waals surface area contributed by atoms with Crippen molar-refractivity contribution in [1.29, 1.82) is 0 Å². The number of halogens is 3. The van der Waals surface area contributed by atoms with Gasteiger partial charge in [-0.25, -0.2) is 4.79 Å². The largest absolute Gasteiger partial charge is 0.479 e. The van der Waals surface area contributed by atoms with E-state index < -0.39 is 35.8 Å². The zero-order valence-corrected chi connectivity index (χ0v) is 13.9. The summed E-state index contributed by atoms with van der Waals surface area (Å²) in [6.45, 7) is 3.45. The molecule has 5 nitrogen and oxygen atoms in total. The lowest BCUT2D eigenvalue weighted by Gasteiger charge is -2.36. The molecule has 1 aliphatic rings. The lowest BCUT2D eigenvalue weighted by Crippen LogP contribution is -2.52. The van der Waals surface area contributed by atoms with Crippen LogP contribution in [-0.2, 0) is 20.5 Å². The third kappa shape index (κ3) is 4.50. The second-order valence-corrected chi connectivity index (χ2v) is 6.10. The summed E-state index contributed by atoms with van der Waals surface area (Å²) in [6.07, 6.45) is -5.77. The van der Waals surface area contributed by atoms with E-state index in [2.05, 4.69) is 0 Å². The third-order valence-electron chi connectivity index (χ3n) is 4.17. The average Bonchev–Trinajstić information content (AvgIpc) is 2.54. The van der Waals surface area contributed by atoms with Gasteiger partial charge in [-0.2, -0.15) is 13.2 Å². The highest BCUT2D eigenvalue weighted by Gasteiger charge is 2.36. The van der Waals surface area contributed by atoms with Gasteiger partial charge in [0.25, 0.3) is 0 Å². The smallest absolute Gasteiger partial charge is 0.416 e. The molecule has 3 atom stereocenters. The fourth-order valence-corrected chi connectivity index (χ4v) is 2.97. The van der Waals surface area contributed by atoms with E-state index in [9.17, 15) is 22.8 Å². The van der Waals surface area contributed by atoms with Gasteiger partial charge >= 0.3 is 12.1 Å². The molecule has 1 fully saturated rings. The van der Waals surface area contributed by atoms with Crippen LogP contribution in [0.4, 0.5) is 13.2 Å². The van der Waals surface area contributed by atoms with E-state index in [-0.39, 0.29) is 24.6 Å². The molecule has 1 N–H and O–H groups in total. The van der Waals surface area contributed by atoms with Crippen molar-refractivity contribution in [1.82, 2.24) is 4.90 Å². The van der Waals surface area contributed by atoms with E-state index in [1.807, 2.05) is 0 Å². The SMILES string of the molecule is CCC(C(=O)N1CC(C(=O)O)O[C@H](C)C1)c1cccc(C(F)(F)F)c1. The molecule has 1 heterocycles. The van der Waals surface area contributed by atoms with Crippen LogP contribution >= 0.6 is 0 Å². The predicted molar refractivity (Wildman–Crippen MR) is 83.0 cm³/mol. The second-order valence-electron chi connectivity index (χ2n) is 6.10. The Bertz CT molecular complexity index is 647. The summed E-state index contributed by atoms with van der Waals surface area (Å²) in [4.78, 5) is 25.3. The van der Waals surface area contributed by atoms with Crippen molar-refractivity contribution in [2.45, 2.75) is 44.6 Å². The van der Waals surface area contributed by atoms with Crippen LogP contribution in [-0.4, -0.2) is 47.2 Å². The summed E-state index contributed by atoms with van der Waals surface area (Å²) in [5.41, 5.74) is -0.539. The van der Waals surface area contributed by atoms with Crippen LogP contribution in [0.5, 0.6) is 0 Å². The second kappa shape index (κ2) is 7.43. The molecule has 2 rings (SSSR count). The number of benzene rings is 1. The van der Waals surface area contributed by atoms with Crippen molar-refractivity contribution < 1.29 is 32.6 Å². The number of alkyl halides is 3. The predicted octanol–water partition coefficient (Wildman–Crippen LogP) is 2.90. The van der Waals surface area contributed by atoms with Gasteiger partial charge in [-0.1, -0.05) is 25.1 Å². The summed E-state index contributed by atoms with van der Waals surface area (Å²) in [5.74, 6) is -2.32. The number of nitrogens with zero attached hydrogens (tertiary/aromatic N) is 1. The molecule has 0 spiro atoms. The minimum Gasteiger partial charge on any atom is -0.479 e. The molecule has 8 heteroatoms. The molecule has 0 aromatic heterocycles. The average molecular weight is 359 g/mol. The molecule has 0 aliphatic carbocycles. The van der Waals surface area contributed by atoms with Crippen LogP contribution in [0.2, 0.25) is 0 Å². The highest BCUT2D eigenvalue weighted by Crippen LogP contribution is 2.32. The first-order chi connectivity index (χ1) is 11.6. The van der Waals surface area contributed by atoms with Gasteiger partial charge in [-0.15, -0.1) is 0 Å². The number of morpholine rings is 1. The van der Waals surface area contributed by atoms with Crippen molar-refractivity contribution >= 4 is 11.9 Å². The fourth-order valence-electron chi connectivity index (χ4n) is 2.97. The number of carbonyl (C=O) groups is 2. The minimum atomic E-state index is -4.49. The number of hydrogen-bond donors (Lipinski definition) is 1. The molecule has 25 heavy (non-hydrogen) atoms. The van der Waals surface area contributed by atoms with Gasteiger partial charge in [0.15, 0.2) is 6.10 Å². The van der Waals surface area contributed by atoms with E-state index in [0.717, 1.165) is 12.1 Å². The summed E-state index contributed by atoms with van der Waals surface area (Å²) in [7, 11) is 0. The van der Waals surface area contributed by atoms with Crippen LogP contribution in [0.15, 0.2) is 24.3 Å². The Morgan fingerprint density at radius 2 is 2.04 bits per heavy atom. The lowest BCUT2D eigenvalue weighted by molar-refractivity contribution is -0.167. The van der Waals surface area contributed by atoms with E-state index in [1.165, 1.54) is 17.0 Å². The van der Waals surface area contributed by atoms with E-state index >= 15 is 0 Å². The molecule has 1 aliphatic heterocycles. The summed E-state index contributed by atoms with van der Waals surface area (Å²) in [5, 5.41) is 9.11. The molecule has 0 radical (unpaired) electrons. The maximum atomic E-state index is 12.9. The number of carboxylic acid groups (broad SMARTS) is 1. The summed E-state index contributed by atoms with van der Waals surface area (Å²) in [6, 6.07) is 4.69. The molecule has 0 saturated carbocycles. The van der Waals surface area contributed by atoms with Gasteiger partial charge in [0.05, 0.1) is 24.1 Å². The van der Waals surface area contributed by atoms with Crippen LogP contribution in [0.3, 0.4) is 0 Å². The van der Waals surface area contributed by atoms with Gasteiger partial charge in [-0.3, -0.25) is 4.79 Å². The molecule has 1 amide bonds. The van der Waals surface area contributed by atoms with Gasteiger partial charge in [0.1, 0.15) is 0 Å². The van der Waals surface area contributed by atoms with Crippen LogP contribution in [0, 0.1) is 0 Å². The molecule has 1 aromatic rings. The monoisotopic (exact) mass is 359 g/mol. The summed E-state index contributed by atoms with van der Waals surface area (Å²) >= 11 is 0. The first kappa shape index (κ1) is 19.2. The molecule has 1 saturated heterocycles. The number of aliphatic carboxylic acids is 1. The van der Waals surface area contributed by atoms with Gasteiger partial charge in [0, 0.05) is 6.54 Å². The molecular weight excluding hydrogens is 339 g/mol. The zero-order valence-electron chi connectivity index (χ0n) is 13.9. The first-order valence-electron chi connectivity index (χ1n) is 7.97. The highest BCUT2D eigenvalue weighted by atomic mass is 19.4. The molecule has 2 unspecified atom stereocenters. The number of amides is 1. The topological polar surface area (TPSA) is 66.8 Å². The van der Waals surface area contributed by atoms with Gasteiger partial charge in [-0.05, 0) is 25.0 Å². The maximum Gasteiger partial charge on any atom is 0.416 e. The van der Waals surface area contributed by atoms with Gasteiger partial charge < -0.3 is 14.7 Å². The lowest BCUT2D eigenvalue weighted by atomic mass is 9.93. The minimum absolute atomic E-state index is 0.117. The van der Waals surface area contributed by atoms with E-state index in [4.69, 9.17) is 9.84 Å². The maximum absolute atomic E-state index is 12.9. The standard InChI is InChI=1S/C17H20F3NO4/c1-3-13(11-5-4-6-12(7-11)17(18,19)20)15(22)21-8-10(2)25-14(9-21)16(23)24/h4-7,10,13-14H,3,8-9H2,1-2H3,(H,23,24)/t10-,13?,14?/m1/s1. The molecule has 0 bridgehead atoms. The van der Waals surface area contributed by atoms with Crippen molar-refractivity contribution in [3.63, 3.8) is 0 Å².